The first-order valence-electron chi connectivity index (χ1n) is 4.64. The van der Waals surface area contributed by atoms with E-state index in [1.54, 1.807) is 6.07 Å². The highest BCUT2D eigenvalue weighted by atomic mass is 16.1. The highest BCUT2D eigenvalue weighted by molar-refractivity contribution is 5.58. The van der Waals surface area contributed by atoms with E-state index in [1.165, 1.54) is 6.20 Å². The summed E-state index contributed by atoms with van der Waals surface area (Å²) in [6.07, 6.45) is 1.49. The second-order valence-electron chi connectivity index (χ2n) is 3.19. The van der Waals surface area contributed by atoms with Crippen LogP contribution in [0, 0.1) is 0 Å². The number of hydrogen-bond acceptors (Lipinski definition) is 3. The summed E-state index contributed by atoms with van der Waals surface area (Å²) in [6.45, 7) is 0.521. The zero-order valence-corrected chi connectivity index (χ0v) is 8.10. The Balaban J connectivity index is 2.41. The molecule has 0 aliphatic carbocycles. The van der Waals surface area contributed by atoms with Crippen molar-refractivity contribution in [1.82, 2.24) is 9.97 Å². The van der Waals surface area contributed by atoms with Gasteiger partial charge in [0.15, 0.2) is 0 Å². The Morgan fingerprint density at radius 2 is 1.93 bits per heavy atom. The largest absolute Gasteiger partial charge is 0.345 e. The minimum Gasteiger partial charge on any atom is -0.326 e. The molecule has 2 rings (SSSR count). The van der Waals surface area contributed by atoms with Gasteiger partial charge in [0.2, 0.25) is 0 Å². The summed E-state index contributed by atoms with van der Waals surface area (Å²) in [6, 6.07) is 9.49. The number of hydrogen-bond donors (Lipinski definition) is 2. The number of nitrogens with two attached hydrogens (primary N) is 1. The minimum absolute atomic E-state index is 0.338. The second kappa shape index (κ2) is 4.06. The van der Waals surface area contributed by atoms with Crippen molar-refractivity contribution < 1.29 is 0 Å². The molecule has 15 heavy (non-hydrogen) atoms. The van der Waals surface area contributed by atoms with E-state index in [0.29, 0.717) is 6.54 Å². The van der Waals surface area contributed by atoms with Gasteiger partial charge in [-0.1, -0.05) is 24.3 Å². The van der Waals surface area contributed by atoms with Crippen molar-refractivity contribution in [2.75, 3.05) is 0 Å². The molecule has 0 aliphatic rings. The van der Waals surface area contributed by atoms with Crippen molar-refractivity contribution in [2.24, 2.45) is 5.73 Å². The van der Waals surface area contributed by atoms with Crippen LogP contribution in [-0.2, 0) is 6.54 Å². The molecule has 0 radical (unpaired) electrons. The Morgan fingerprint density at radius 1 is 1.20 bits per heavy atom. The third-order valence-electron chi connectivity index (χ3n) is 2.18. The molecule has 0 aliphatic heterocycles. The SMILES string of the molecule is NCc1ccc(-c2ccnc(=O)[nH]2)cc1. The fourth-order valence-electron chi connectivity index (χ4n) is 1.36. The van der Waals surface area contributed by atoms with Gasteiger partial charge in [-0.05, 0) is 17.2 Å². The van der Waals surface area contributed by atoms with Crippen LogP contribution in [0.1, 0.15) is 5.56 Å². The molecule has 4 nitrogen and oxygen atoms in total. The Morgan fingerprint density at radius 3 is 2.53 bits per heavy atom. The quantitative estimate of drug-likeness (QED) is 0.758. The predicted molar refractivity (Wildman–Crippen MR) is 58.2 cm³/mol. The summed E-state index contributed by atoms with van der Waals surface area (Å²) < 4.78 is 0. The second-order valence-corrected chi connectivity index (χ2v) is 3.19. The predicted octanol–water partition coefficient (Wildman–Crippen LogP) is 0.896. The number of nitrogens with one attached hydrogen (secondary N) is 1. The van der Waals surface area contributed by atoms with Gasteiger partial charge in [-0.3, -0.25) is 0 Å². The Kier molecular flexibility index (Phi) is 2.60. The average molecular weight is 201 g/mol. The van der Waals surface area contributed by atoms with E-state index in [2.05, 4.69) is 9.97 Å². The van der Waals surface area contributed by atoms with Gasteiger partial charge >= 0.3 is 5.69 Å². The summed E-state index contributed by atoms with van der Waals surface area (Å²) in [4.78, 5) is 17.2. The van der Waals surface area contributed by atoms with Gasteiger partial charge < -0.3 is 10.7 Å². The highest BCUT2D eigenvalue weighted by Crippen LogP contribution is 2.15. The van der Waals surface area contributed by atoms with Crippen molar-refractivity contribution in [1.29, 1.82) is 0 Å². The zero-order valence-electron chi connectivity index (χ0n) is 8.10. The van der Waals surface area contributed by atoms with Crippen LogP contribution in [0.2, 0.25) is 0 Å². The van der Waals surface area contributed by atoms with Crippen LogP contribution in [0.25, 0.3) is 11.3 Å². The van der Waals surface area contributed by atoms with E-state index in [-0.39, 0.29) is 5.69 Å². The lowest BCUT2D eigenvalue weighted by molar-refractivity contribution is 1.06. The lowest BCUT2D eigenvalue weighted by Crippen LogP contribution is -2.09. The maximum atomic E-state index is 11.0. The van der Waals surface area contributed by atoms with Crippen molar-refractivity contribution in [3.05, 3.63) is 52.6 Å². The van der Waals surface area contributed by atoms with Crippen LogP contribution in [-0.4, -0.2) is 9.97 Å². The van der Waals surface area contributed by atoms with Crippen LogP contribution < -0.4 is 11.4 Å². The van der Waals surface area contributed by atoms with Gasteiger partial charge in [-0.2, -0.15) is 0 Å². The fraction of sp³-hybridized carbons (Fsp3) is 0.0909. The van der Waals surface area contributed by atoms with E-state index in [4.69, 9.17) is 5.73 Å². The minimum atomic E-state index is -0.338. The van der Waals surface area contributed by atoms with Crippen LogP contribution >= 0.6 is 0 Å². The van der Waals surface area contributed by atoms with Crippen molar-refractivity contribution >= 4 is 0 Å². The number of aromatic nitrogens is 2. The molecule has 0 saturated heterocycles. The molecular weight excluding hydrogens is 190 g/mol. The first-order chi connectivity index (χ1) is 7.29. The Bertz CT molecular complexity index is 502. The average Bonchev–Trinajstić information content (AvgIpc) is 2.29. The molecule has 76 valence electrons. The molecule has 1 aromatic heterocycles. The molecule has 0 unspecified atom stereocenters. The molecule has 1 aromatic carbocycles. The Labute approximate surface area is 86.8 Å². The summed E-state index contributed by atoms with van der Waals surface area (Å²) in [5.74, 6) is 0. The normalized spacial score (nSPS) is 10.2. The highest BCUT2D eigenvalue weighted by Gasteiger charge is 1.98. The van der Waals surface area contributed by atoms with Crippen molar-refractivity contribution in [3.63, 3.8) is 0 Å². The lowest BCUT2D eigenvalue weighted by Gasteiger charge is -2.01. The molecule has 0 saturated carbocycles. The topological polar surface area (TPSA) is 71.8 Å². The number of H-pyrrole nitrogens is 1. The lowest BCUT2D eigenvalue weighted by atomic mass is 10.1. The molecular formula is C11H11N3O. The van der Waals surface area contributed by atoms with Crippen molar-refractivity contribution in [2.45, 2.75) is 6.54 Å². The third kappa shape index (κ3) is 2.11. The molecule has 0 spiro atoms. The fourth-order valence-corrected chi connectivity index (χ4v) is 1.36. The number of benzene rings is 1. The third-order valence-corrected chi connectivity index (χ3v) is 2.18. The van der Waals surface area contributed by atoms with Gasteiger partial charge in [0.25, 0.3) is 0 Å². The monoisotopic (exact) mass is 201 g/mol. The molecule has 2 aromatic rings. The van der Waals surface area contributed by atoms with Crippen LogP contribution in [0.4, 0.5) is 0 Å². The zero-order chi connectivity index (χ0) is 10.7. The smallest absolute Gasteiger partial charge is 0.326 e. The van der Waals surface area contributed by atoms with Gasteiger partial charge in [0.1, 0.15) is 0 Å². The summed E-state index contributed by atoms with van der Waals surface area (Å²) in [7, 11) is 0. The maximum absolute atomic E-state index is 11.0. The molecule has 0 atom stereocenters. The first-order valence-corrected chi connectivity index (χ1v) is 4.64. The summed E-state index contributed by atoms with van der Waals surface area (Å²) in [5, 5.41) is 0. The van der Waals surface area contributed by atoms with Crippen molar-refractivity contribution in [3.8, 4) is 11.3 Å². The van der Waals surface area contributed by atoms with Gasteiger partial charge in [0, 0.05) is 12.7 Å². The van der Waals surface area contributed by atoms with Gasteiger partial charge in [0.05, 0.1) is 5.69 Å². The Hall–Kier alpha value is -1.94. The first kappa shape index (κ1) is 9.61. The van der Waals surface area contributed by atoms with Crippen LogP contribution in [0.15, 0.2) is 41.3 Å². The van der Waals surface area contributed by atoms with E-state index in [1.807, 2.05) is 24.3 Å². The number of rotatable bonds is 2. The van der Waals surface area contributed by atoms with Gasteiger partial charge in [-0.15, -0.1) is 0 Å². The van der Waals surface area contributed by atoms with E-state index < -0.39 is 0 Å². The number of nitrogens with zero attached hydrogens (tertiary/aromatic N) is 1. The van der Waals surface area contributed by atoms with E-state index >= 15 is 0 Å². The standard InChI is InChI=1S/C11H11N3O/c12-7-8-1-3-9(4-2-8)10-5-6-13-11(15)14-10/h1-6H,7,12H2,(H,13,14,15). The summed E-state index contributed by atoms with van der Waals surface area (Å²) in [5.41, 5.74) is 7.94. The molecule has 4 heteroatoms. The molecule has 0 amide bonds. The molecule has 1 heterocycles. The number of aromatic amines is 1. The molecule has 3 N–H and O–H groups in total. The van der Waals surface area contributed by atoms with Gasteiger partial charge in [-0.25, -0.2) is 9.78 Å². The summed E-state index contributed by atoms with van der Waals surface area (Å²) >= 11 is 0. The van der Waals surface area contributed by atoms with Crippen LogP contribution in [0.3, 0.4) is 0 Å². The van der Waals surface area contributed by atoms with E-state index in [9.17, 15) is 4.79 Å². The van der Waals surface area contributed by atoms with E-state index in [0.717, 1.165) is 16.8 Å². The molecule has 0 fully saturated rings. The maximum Gasteiger partial charge on any atom is 0.345 e. The van der Waals surface area contributed by atoms with Crippen LogP contribution in [0.5, 0.6) is 0 Å². The molecule has 0 bridgehead atoms.